The molecular formula is C23H24O3. The summed E-state index contributed by atoms with van der Waals surface area (Å²) in [7, 11) is 0. The Hall–Kier alpha value is -2.94. The molecule has 0 saturated heterocycles. The third-order valence-electron chi connectivity index (χ3n) is 5.20. The summed E-state index contributed by atoms with van der Waals surface area (Å²) in [5, 5.41) is 29.6. The van der Waals surface area contributed by atoms with Crippen LogP contribution in [0, 0.1) is 0 Å². The number of rotatable bonds is 5. The van der Waals surface area contributed by atoms with E-state index in [9.17, 15) is 15.3 Å². The van der Waals surface area contributed by atoms with Crippen molar-refractivity contribution in [2.75, 3.05) is 0 Å². The predicted molar refractivity (Wildman–Crippen MR) is 104 cm³/mol. The van der Waals surface area contributed by atoms with E-state index in [0.29, 0.717) is 5.75 Å². The SMILES string of the molecule is CCc1cc(C(CC)(c2ccc(O)cc2)c2ccc(O)cc2)ccc1O. The first-order valence-corrected chi connectivity index (χ1v) is 8.92. The molecule has 3 aromatic rings. The van der Waals surface area contributed by atoms with Gasteiger partial charge in [0.1, 0.15) is 17.2 Å². The summed E-state index contributed by atoms with van der Waals surface area (Å²) in [5.41, 5.74) is 3.63. The first kappa shape index (κ1) is 17.9. The van der Waals surface area contributed by atoms with E-state index in [4.69, 9.17) is 0 Å². The Morgan fingerprint density at radius 1 is 0.654 bits per heavy atom. The molecule has 0 spiro atoms. The van der Waals surface area contributed by atoms with Crippen LogP contribution < -0.4 is 0 Å². The molecule has 0 aliphatic carbocycles. The van der Waals surface area contributed by atoms with Crippen molar-refractivity contribution in [2.45, 2.75) is 32.1 Å². The first-order valence-electron chi connectivity index (χ1n) is 8.92. The highest BCUT2D eigenvalue weighted by atomic mass is 16.3. The molecule has 0 amide bonds. The van der Waals surface area contributed by atoms with Crippen LogP contribution in [0.2, 0.25) is 0 Å². The highest BCUT2D eigenvalue weighted by Crippen LogP contribution is 2.44. The number of phenols is 3. The van der Waals surface area contributed by atoms with E-state index < -0.39 is 5.41 Å². The van der Waals surface area contributed by atoms with Crippen molar-refractivity contribution in [3.05, 3.63) is 89.0 Å². The lowest BCUT2D eigenvalue weighted by Gasteiger charge is -2.35. The van der Waals surface area contributed by atoms with Gasteiger partial charge < -0.3 is 15.3 Å². The van der Waals surface area contributed by atoms with Gasteiger partial charge in [-0.3, -0.25) is 0 Å². The van der Waals surface area contributed by atoms with Gasteiger partial charge >= 0.3 is 0 Å². The summed E-state index contributed by atoms with van der Waals surface area (Å²) in [4.78, 5) is 0. The van der Waals surface area contributed by atoms with Crippen molar-refractivity contribution in [3.8, 4) is 17.2 Å². The van der Waals surface area contributed by atoms with Crippen molar-refractivity contribution in [2.24, 2.45) is 0 Å². The van der Waals surface area contributed by atoms with E-state index in [2.05, 4.69) is 13.0 Å². The van der Waals surface area contributed by atoms with Crippen molar-refractivity contribution in [1.82, 2.24) is 0 Å². The van der Waals surface area contributed by atoms with Crippen molar-refractivity contribution < 1.29 is 15.3 Å². The molecule has 134 valence electrons. The molecule has 0 aromatic heterocycles. The van der Waals surface area contributed by atoms with E-state index in [1.54, 1.807) is 30.3 Å². The van der Waals surface area contributed by atoms with Gasteiger partial charge in [-0.15, -0.1) is 0 Å². The van der Waals surface area contributed by atoms with Crippen LogP contribution >= 0.6 is 0 Å². The van der Waals surface area contributed by atoms with Gasteiger partial charge in [0.05, 0.1) is 0 Å². The quantitative estimate of drug-likeness (QED) is 0.562. The van der Waals surface area contributed by atoms with E-state index in [0.717, 1.165) is 35.1 Å². The minimum atomic E-state index is -0.445. The summed E-state index contributed by atoms with van der Waals surface area (Å²) < 4.78 is 0. The van der Waals surface area contributed by atoms with Crippen LogP contribution in [0.3, 0.4) is 0 Å². The Balaban J connectivity index is 2.30. The molecular weight excluding hydrogens is 324 g/mol. The Labute approximate surface area is 154 Å². The number of hydrogen-bond acceptors (Lipinski definition) is 3. The van der Waals surface area contributed by atoms with E-state index >= 15 is 0 Å². The lowest BCUT2D eigenvalue weighted by atomic mass is 9.67. The largest absolute Gasteiger partial charge is 0.508 e. The van der Waals surface area contributed by atoms with Crippen molar-refractivity contribution in [1.29, 1.82) is 0 Å². The summed E-state index contributed by atoms with van der Waals surface area (Å²) >= 11 is 0. The third kappa shape index (κ3) is 3.01. The summed E-state index contributed by atoms with van der Waals surface area (Å²) in [5.74, 6) is 0.756. The van der Waals surface area contributed by atoms with Gasteiger partial charge in [-0.25, -0.2) is 0 Å². The second-order valence-electron chi connectivity index (χ2n) is 6.55. The van der Waals surface area contributed by atoms with Crippen LogP contribution in [0.4, 0.5) is 0 Å². The lowest BCUT2D eigenvalue weighted by molar-refractivity contribution is 0.467. The average molecular weight is 348 g/mol. The van der Waals surface area contributed by atoms with Gasteiger partial charge in [0.25, 0.3) is 0 Å². The van der Waals surface area contributed by atoms with Crippen LogP contribution in [-0.4, -0.2) is 15.3 Å². The molecule has 3 N–H and O–H groups in total. The smallest absolute Gasteiger partial charge is 0.118 e. The second-order valence-corrected chi connectivity index (χ2v) is 6.55. The monoisotopic (exact) mass is 348 g/mol. The molecule has 3 rings (SSSR count). The van der Waals surface area contributed by atoms with Gasteiger partial charge in [0.2, 0.25) is 0 Å². The minimum absolute atomic E-state index is 0.226. The Morgan fingerprint density at radius 3 is 1.54 bits per heavy atom. The Bertz CT molecular complexity index is 835. The average Bonchev–Trinajstić information content (AvgIpc) is 2.66. The lowest BCUT2D eigenvalue weighted by Crippen LogP contribution is -2.28. The molecule has 0 saturated carbocycles. The van der Waals surface area contributed by atoms with Gasteiger partial charge in [0, 0.05) is 5.41 Å². The van der Waals surface area contributed by atoms with Gasteiger partial charge in [-0.05, 0) is 65.4 Å². The molecule has 0 atom stereocenters. The molecule has 0 radical (unpaired) electrons. The van der Waals surface area contributed by atoms with Gasteiger partial charge in [0.15, 0.2) is 0 Å². The standard InChI is InChI=1S/C23H24O3/c1-3-16-15-19(9-14-22(16)26)23(4-2,17-5-10-20(24)11-6-17)18-7-12-21(25)13-8-18/h5-15,24-26H,3-4H2,1-2H3. The topological polar surface area (TPSA) is 60.7 Å². The van der Waals surface area contributed by atoms with Gasteiger partial charge in [-0.1, -0.05) is 50.2 Å². The predicted octanol–water partition coefficient (Wildman–Crippen LogP) is 5.11. The fourth-order valence-electron chi connectivity index (χ4n) is 3.74. The molecule has 3 nitrogen and oxygen atoms in total. The molecule has 0 unspecified atom stereocenters. The van der Waals surface area contributed by atoms with Crippen LogP contribution in [-0.2, 0) is 11.8 Å². The third-order valence-corrected chi connectivity index (χ3v) is 5.20. The van der Waals surface area contributed by atoms with Crippen LogP contribution in [0.1, 0.15) is 42.5 Å². The minimum Gasteiger partial charge on any atom is -0.508 e. The Morgan fingerprint density at radius 2 is 1.12 bits per heavy atom. The zero-order valence-corrected chi connectivity index (χ0v) is 15.1. The molecule has 26 heavy (non-hydrogen) atoms. The molecule has 0 fully saturated rings. The maximum absolute atomic E-state index is 10.1. The maximum Gasteiger partial charge on any atom is 0.118 e. The maximum atomic E-state index is 10.1. The highest BCUT2D eigenvalue weighted by Gasteiger charge is 2.35. The van der Waals surface area contributed by atoms with E-state index in [-0.39, 0.29) is 11.5 Å². The molecule has 0 aliphatic rings. The zero-order chi connectivity index (χ0) is 18.7. The number of aryl methyl sites for hydroxylation is 1. The Kier molecular flexibility index (Phi) is 4.90. The van der Waals surface area contributed by atoms with Crippen LogP contribution in [0.15, 0.2) is 66.7 Å². The number of phenolic OH excluding ortho intramolecular Hbond substituents is 3. The molecule has 0 heterocycles. The van der Waals surface area contributed by atoms with Crippen LogP contribution in [0.25, 0.3) is 0 Å². The van der Waals surface area contributed by atoms with Crippen molar-refractivity contribution >= 4 is 0 Å². The van der Waals surface area contributed by atoms with E-state index in [1.807, 2.05) is 37.3 Å². The fraction of sp³-hybridized carbons (Fsp3) is 0.217. The highest BCUT2D eigenvalue weighted by molar-refractivity contribution is 5.54. The molecule has 0 bridgehead atoms. The number of benzene rings is 3. The van der Waals surface area contributed by atoms with Crippen LogP contribution in [0.5, 0.6) is 17.2 Å². The molecule has 3 aromatic carbocycles. The summed E-state index contributed by atoms with van der Waals surface area (Å²) in [6.07, 6.45) is 1.53. The number of hydrogen-bond donors (Lipinski definition) is 3. The molecule has 3 heteroatoms. The van der Waals surface area contributed by atoms with Crippen molar-refractivity contribution in [3.63, 3.8) is 0 Å². The van der Waals surface area contributed by atoms with Gasteiger partial charge in [-0.2, -0.15) is 0 Å². The zero-order valence-electron chi connectivity index (χ0n) is 15.1. The number of aromatic hydroxyl groups is 3. The second kappa shape index (κ2) is 7.12. The summed E-state index contributed by atoms with van der Waals surface area (Å²) in [6.45, 7) is 4.14. The van der Waals surface area contributed by atoms with E-state index in [1.165, 1.54) is 0 Å². The first-order chi connectivity index (χ1) is 12.5. The molecule has 0 aliphatic heterocycles. The fourth-order valence-corrected chi connectivity index (χ4v) is 3.74. The summed E-state index contributed by atoms with van der Waals surface area (Å²) in [6, 6.07) is 20.3. The normalized spacial score (nSPS) is 11.5.